The summed E-state index contributed by atoms with van der Waals surface area (Å²) in [7, 11) is -0.446. The highest BCUT2D eigenvalue weighted by Gasteiger charge is 2.20. The molecular weight excluding hydrogens is 368 g/mol. The molecule has 2 aromatic carbocycles. The van der Waals surface area contributed by atoms with Gasteiger partial charge in [0.15, 0.2) is 0 Å². The van der Waals surface area contributed by atoms with Gasteiger partial charge in [-0.2, -0.15) is 0 Å². The van der Waals surface area contributed by atoms with E-state index in [9.17, 15) is 13.2 Å². The van der Waals surface area contributed by atoms with E-state index in [1.54, 1.807) is 43.5 Å². The van der Waals surface area contributed by atoms with Crippen LogP contribution in [0.1, 0.15) is 23.6 Å². The third kappa shape index (κ3) is 6.26. The van der Waals surface area contributed by atoms with Gasteiger partial charge in [-0.25, -0.2) is 13.1 Å². The molecular formula is C19H24N2O5S. The number of sulfonamides is 1. The SMILES string of the molecule is COc1ccc([C@H](CC(=O)Nc2cc(C)ccc2OC)NS(C)(=O)=O)cc1. The van der Waals surface area contributed by atoms with E-state index in [2.05, 4.69) is 10.0 Å². The number of amides is 1. The van der Waals surface area contributed by atoms with E-state index < -0.39 is 16.1 Å². The van der Waals surface area contributed by atoms with Crippen LogP contribution in [0.15, 0.2) is 42.5 Å². The number of hydrogen-bond donors (Lipinski definition) is 2. The van der Waals surface area contributed by atoms with Crippen LogP contribution in [0.25, 0.3) is 0 Å². The smallest absolute Gasteiger partial charge is 0.226 e. The zero-order valence-electron chi connectivity index (χ0n) is 15.8. The van der Waals surface area contributed by atoms with Gasteiger partial charge in [0.2, 0.25) is 15.9 Å². The summed E-state index contributed by atoms with van der Waals surface area (Å²) in [6.45, 7) is 1.90. The number of hydrogen-bond acceptors (Lipinski definition) is 5. The Balaban J connectivity index is 2.21. The lowest BCUT2D eigenvalue weighted by Crippen LogP contribution is -2.30. The molecule has 1 atom stereocenters. The zero-order chi connectivity index (χ0) is 20.0. The summed E-state index contributed by atoms with van der Waals surface area (Å²) in [5, 5.41) is 2.79. The summed E-state index contributed by atoms with van der Waals surface area (Å²) in [6, 6.07) is 11.6. The van der Waals surface area contributed by atoms with Gasteiger partial charge < -0.3 is 14.8 Å². The van der Waals surface area contributed by atoms with Crippen LogP contribution in [0.2, 0.25) is 0 Å². The monoisotopic (exact) mass is 392 g/mol. The van der Waals surface area contributed by atoms with Gasteiger partial charge in [0.05, 0.1) is 32.2 Å². The normalized spacial score (nSPS) is 12.3. The van der Waals surface area contributed by atoms with Crippen molar-refractivity contribution < 1.29 is 22.7 Å². The Kier molecular flexibility index (Phi) is 6.81. The first kappa shape index (κ1) is 20.7. The van der Waals surface area contributed by atoms with Gasteiger partial charge in [0.25, 0.3) is 0 Å². The number of methoxy groups -OCH3 is 2. The summed E-state index contributed by atoms with van der Waals surface area (Å²) in [6.07, 6.45) is 0.988. The predicted octanol–water partition coefficient (Wildman–Crippen LogP) is 2.63. The van der Waals surface area contributed by atoms with Crippen LogP contribution >= 0.6 is 0 Å². The second kappa shape index (κ2) is 8.88. The number of anilines is 1. The van der Waals surface area contributed by atoms with Crippen LogP contribution in [-0.2, 0) is 14.8 Å². The van der Waals surface area contributed by atoms with Crippen LogP contribution in [0.3, 0.4) is 0 Å². The number of benzene rings is 2. The number of carbonyl (C=O) groups is 1. The Morgan fingerprint density at radius 1 is 1.07 bits per heavy atom. The molecule has 0 aliphatic rings. The molecule has 0 aliphatic carbocycles. The minimum Gasteiger partial charge on any atom is -0.497 e. The molecule has 0 aromatic heterocycles. The predicted molar refractivity (Wildman–Crippen MR) is 105 cm³/mol. The van der Waals surface area contributed by atoms with Gasteiger partial charge >= 0.3 is 0 Å². The standard InChI is InChI=1S/C19H24N2O5S/c1-13-5-10-18(26-3)17(11-13)20-19(22)12-16(21-27(4,23)24)14-6-8-15(25-2)9-7-14/h5-11,16,21H,12H2,1-4H3,(H,20,22)/t16-/m0/s1. The molecule has 2 rings (SSSR count). The summed E-state index contributed by atoms with van der Waals surface area (Å²) < 4.78 is 36.3. The number of nitrogens with one attached hydrogen (secondary N) is 2. The summed E-state index contributed by atoms with van der Waals surface area (Å²) in [4.78, 5) is 12.6. The summed E-state index contributed by atoms with van der Waals surface area (Å²) in [5.41, 5.74) is 2.16. The van der Waals surface area contributed by atoms with Crippen molar-refractivity contribution in [3.8, 4) is 11.5 Å². The van der Waals surface area contributed by atoms with Crippen molar-refractivity contribution in [2.24, 2.45) is 0 Å². The number of rotatable bonds is 8. The van der Waals surface area contributed by atoms with Crippen molar-refractivity contribution in [3.05, 3.63) is 53.6 Å². The van der Waals surface area contributed by atoms with E-state index in [0.29, 0.717) is 22.7 Å². The molecule has 0 bridgehead atoms. The number of aryl methyl sites for hydroxylation is 1. The second-order valence-corrected chi connectivity index (χ2v) is 7.95. The van der Waals surface area contributed by atoms with E-state index in [1.807, 2.05) is 13.0 Å². The highest BCUT2D eigenvalue weighted by atomic mass is 32.2. The Hall–Kier alpha value is -2.58. The van der Waals surface area contributed by atoms with Crippen molar-refractivity contribution in [2.75, 3.05) is 25.8 Å². The summed E-state index contributed by atoms with van der Waals surface area (Å²) >= 11 is 0. The Morgan fingerprint density at radius 3 is 2.30 bits per heavy atom. The molecule has 0 unspecified atom stereocenters. The molecule has 0 aliphatic heterocycles. The molecule has 2 aromatic rings. The lowest BCUT2D eigenvalue weighted by molar-refractivity contribution is -0.116. The lowest BCUT2D eigenvalue weighted by atomic mass is 10.0. The fraction of sp³-hybridized carbons (Fsp3) is 0.316. The molecule has 0 spiro atoms. The van der Waals surface area contributed by atoms with E-state index in [-0.39, 0.29) is 12.3 Å². The van der Waals surface area contributed by atoms with Gasteiger partial charge in [0, 0.05) is 6.42 Å². The minimum atomic E-state index is -3.51. The topological polar surface area (TPSA) is 93.7 Å². The van der Waals surface area contributed by atoms with Crippen molar-refractivity contribution in [1.29, 1.82) is 0 Å². The Labute approximate surface area is 159 Å². The Morgan fingerprint density at radius 2 is 1.74 bits per heavy atom. The quantitative estimate of drug-likeness (QED) is 0.720. The average Bonchev–Trinajstić information content (AvgIpc) is 2.60. The molecule has 27 heavy (non-hydrogen) atoms. The highest BCUT2D eigenvalue weighted by Crippen LogP contribution is 2.27. The first-order chi connectivity index (χ1) is 12.7. The number of ether oxygens (including phenoxy) is 2. The third-order valence-corrected chi connectivity index (χ3v) is 4.61. The maximum atomic E-state index is 12.6. The van der Waals surface area contributed by atoms with Crippen LogP contribution in [-0.4, -0.2) is 34.8 Å². The number of carbonyl (C=O) groups excluding carboxylic acids is 1. The third-order valence-electron chi connectivity index (χ3n) is 3.89. The molecule has 8 heteroatoms. The van der Waals surface area contributed by atoms with Gasteiger partial charge in [0.1, 0.15) is 11.5 Å². The Bertz CT molecular complexity index is 895. The molecule has 7 nitrogen and oxygen atoms in total. The largest absolute Gasteiger partial charge is 0.497 e. The second-order valence-electron chi connectivity index (χ2n) is 6.17. The van der Waals surface area contributed by atoms with Gasteiger partial charge in [-0.05, 0) is 42.3 Å². The fourth-order valence-electron chi connectivity index (χ4n) is 2.63. The van der Waals surface area contributed by atoms with Crippen molar-refractivity contribution in [2.45, 2.75) is 19.4 Å². The highest BCUT2D eigenvalue weighted by molar-refractivity contribution is 7.88. The maximum absolute atomic E-state index is 12.6. The molecule has 0 fully saturated rings. The molecule has 0 saturated heterocycles. The lowest BCUT2D eigenvalue weighted by Gasteiger charge is -2.19. The van der Waals surface area contributed by atoms with Gasteiger partial charge in [-0.1, -0.05) is 18.2 Å². The van der Waals surface area contributed by atoms with Crippen LogP contribution in [0, 0.1) is 6.92 Å². The maximum Gasteiger partial charge on any atom is 0.226 e. The minimum absolute atomic E-state index is 0.0729. The van der Waals surface area contributed by atoms with Crippen LogP contribution < -0.4 is 19.5 Å². The fourth-order valence-corrected chi connectivity index (χ4v) is 3.36. The van der Waals surface area contributed by atoms with Crippen molar-refractivity contribution in [1.82, 2.24) is 4.72 Å². The van der Waals surface area contributed by atoms with E-state index in [0.717, 1.165) is 11.8 Å². The summed E-state index contributed by atoms with van der Waals surface area (Å²) in [5.74, 6) is 0.840. The molecule has 1 amide bonds. The van der Waals surface area contributed by atoms with E-state index >= 15 is 0 Å². The van der Waals surface area contributed by atoms with Gasteiger partial charge in [-0.15, -0.1) is 0 Å². The molecule has 2 N–H and O–H groups in total. The zero-order valence-corrected chi connectivity index (χ0v) is 16.6. The van der Waals surface area contributed by atoms with E-state index in [1.165, 1.54) is 7.11 Å². The molecule has 0 saturated carbocycles. The van der Waals surface area contributed by atoms with Crippen LogP contribution in [0.5, 0.6) is 11.5 Å². The molecule has 0 heterocycles. The first-order valence-electron chi connectivity index (χ1n) is 8.27. The first-order valence-corrected chi connectivity index (χ1v) is 10.2. The molecule has 146 valence electrons. The van der Waals surface area contributed by atoms with Crippen molar-refractivity contribution in [3.63, 3.8) is 0 Å². The van der Waals surface area contributed by atoms with E-state index in [4.69, 9.17) is 9.47 Å². The van der Waals surface area contributed by atoms with Crippen molar-refractivity contribution >= 4 is 21.6 Å². The average molecular weight is 392 g/mol. The molecule has 0 radical (unpaired) electrons. The van der Waals surface area contributed by atoms with Gasteiger partial charge in [-0.3, -0.25) is 4.79 Å². The van der Waals surface area contributed by atoms with Crippen LogP contribution in [0.4, 0.5) is 5.69 Å².